The van der Waals surface area contributed by atoms with Crippen LogP contribution >= 0.6 is 0 Å². The molecule has 0 heterocycles. The molecule has 0 spiro atoms. The van der Waals surface area contributed by atoms with Crippen LogP contribution in [-0.2, 0) is 14.3 Å². The van der Waals surface area contributed by atoms with E-state index in [1.54, 1.807) is 19.9 Å². The van der Waals surface area contributed by atoms with E-state index in [0.717, 1.165) is 0 Å². The molecule has 0 aliphatic carbocycles. The molecule has 0 aromatic carbocycles. The lowest BCUT2D eigenvalue weighted by molar-refractivity contribution is -0.154. The first kappa shape index (κ1) is 12.2. The Morgan fingerprint density at radius 3 is 2.54 bits per heavy atom. The Labute approximate surface area is 79.7 Å². The topological polar surface area (TPSA) is 35.5 Å². The molecule has 0 aromatic heterocycles. The van der Waals surface area contributed by atoms with E-state index in [1.165, 1.54) is 0 Å². The average molecular weight is 186 g/mol. The first-order valence-electron chi connectivity index (χ1n) is 4.47. The smallest absolute Gasteiger partial charge is 0.308 e. The monoisotopic (exact) mass is 186 g/mol. The summed E-state index contributed by atoms with van der Waals surface area (Å²) in [6.07, 6.45) is 1.48. The summed E-state index contributed by atoms with van der Waals surface area (Å²) in [4.78, 5) is 11.1. The quantitative estimate of drug-likeness (QED) is 0.360. The summed E-state index contributed by atoms with van der Waals surface area (Å²) in [7, 11) is 0. The standard InChI is InChI=1S/C10H18O3/c1-5-6-12-7-9(4)13-10(11)8(2)3/h5,8-9H,1,6-7H2,2-4H3. The van der Waals surface area contributed by atoms with E-state index in [-0.39, 0.29) is 18.0 Å². The van der Waals surface area contributed by atoms with Gasteiger partial charge in [0.25, 0.3) is 0 Å². The Balaban J connectivity index is 3.55. The van der Waals surface area contributed by atoms with Gasteiger partial charge in [-0.2, -0.15) is 0 Å². The van der Waals surface area contributed by atoms with Gasteiger partial charge in [-0.15, -0.1) is 6.58 Å². The van der Waals surface area contributed by atoms with Gasteiger partial charge in [0.1, 0.15) is 6.10 Å². The fourth-order valence-electron chi connectivity index (χ4n) is 0.686. The van der Waals surface area contributed by atoms with Crippen LogP contribution in [0.5, 0.6) is 0 Å². The zero-order valence-electron chi connectivity index (χ0n) is 8.58. The van der Waals surface area contributed by atoms with Gasteiger partial charge in [-0.3, -0.25) is 4.79 Å². The van der Waals surface area contributed by atoms with E-state index in [4.69, 9.17) is 9.47 Å². The zero-order chi connectivity index (χ0) is 10.3. The molecule has 0 aromatic rings. The van der Waals surface area contributed by atoms with Crippen molar-refractivity contribution >= 4 is 5.97 Å². The highest BCUT2D eigenvalue weighted by atomic mass is 16.6. The van der Waals surface area contributed by atoms with Gasteiger partial charge in [0.15, 0.2) is 0 Å². The second-order valence-corrected chi connectivity index (χ2v) is 3.23. The normalized spacial score (nSPS) is 12.6. The van der Waals surface area contributed by atoms with Crippen LogP contribution in [0, 0.1) is 5.92 Å². The Bertz CT molecular complexity index is 164. The Kier molecular flexibility index (Phi) is 6.24. The fourth-order valence-corrected chi connectivity index (χ4v) is 0.686. The molecule has 0 fully saturated rings. The Morgan fingerprint density at radius 2 is 2.08 bits per heavy atom. The predicted molar refractivity (Wildman–Crippen MR) is 51.4 cm³/mol. The highest BCUT2D eigenvalue weighted by Gasteiger charge is 2.12. The van der Waals surface area contributed by atoms with Crippen molar-refractivity contribution in [2.24, 2.45) is 5.92 Å². The van der Waals surface area contributed by atoms with Crippen molar-refractivity contribution in [3.05, 3.63) is 12.7 Å². The molecule has 0 aliphatic heterocycles. The summed E-state index contributed by atoms with van der Waals surface area (Å²) in [6, 6.07) is 0. The second kappa shape index (κ2) is 6.66. The van der Waals surface area contributed by atoms with Crippen LogP contribution < -0.4 is 0 Å². The van der Waals surface area contributed by atoms with E-state index in [1.807, 2.05) is 6.92 Å². The van der Waals surface area contributed by atoms with Crippen LogP contribution in [0.4, 0.5) is 0 Å². The van der Waals surface area contributed by atoms with E-state index >= 15 is 0 Å². The van der Waals surface area contributed by atoms with Gasteiger partial charge in [0.2, 0.25) is 0 Å². The molecule has 0 saturated heterocycles. The van der Waals surface area contributed by atoms with Crippen molar-refractivity contribution in [3.63, 3.8) is 0 Å². The van der Waals surface area contributed by atoms with E-state index in [0.29, 0.717) is 13.2 Å². The SMILES string of the molecule is C=CCOCC(C)OC(=O)C(C)C. The molecule has 3 nitrogen and oxygen atoms in total. The minimum absolute atomic E-state index is 0.0816. The zero-order valence-corrected chi connectivity index (χ0v) is 8.58. The summed E-state index contributed by atoms with van der Waals surface area (Å²) < 4.78 is 10.2. The van der Waals surface area contributed by atoms with Gasteiger partial charge in [-0.05, 0) is 6.92 Å². The molecule has 0 saturated carbocycles. The molecule has 1 atom stereocenters. The molecule has 0 N–H and O–H groups in total. The van der Waals surface area contributed by atoms with Gasteiger partial charge >= 0.3 is 5.97 Å². The van der Waals surface area contributed by atoms with Crippen LogP contribution in [0.3, 0.4) is 0 Å². The molecule has 0 amide bonds. The third-order valence-electron chi connectivity index (χ3n) is 1.38. The maximum atomic E-state index is 11.1. The summed E-state index contributed by atoms with van der Waals surface area (Å²) in [5, 5.41) is 0. The number of ether oxygens (including phenoxy) is 2. The number of carbonyl (C=O) groups is 1. The van der Waals surface area contributed by atoms with Crippen molar-refractivity contribution in [2.75, 3.05) is 13.2 Å². The lowest BCUT2D eigenvalue weighted by atomic mass is 10.2. The molecule has 0 rings (SSSR count). The fraction of sp³-hybridized carbons (Fsp3) is 0.700. The molecule has 3 heteroatoms. The van der Waals surface area contributed by atoms with Crippen molar-refractivity contribution < 1.29 is 14.3 Å². The van der Waals surface area contributed by atoms with Crippen molar-refractivity contribution in [2.45, 2.75) is 26.9 Å². The predicted octanol–water partition coefficient (Wildman–Crippen LogP) is 1.78. The molecule has 0 bridgehead atoms. The number of esters is 1. The third-order valence-corrected chi connectivity index (χ3v) is 1.38. The second-order valence-electron chi connectivity index (χ2n) is 3.23. The van der Waals surface area contributed by atoms with Crippen LogP contribution in [0.2, 0.25) is 0 Å². The molecular formula is C10H18O3. The van der Waals surface area contributed by atoms with Crippen molar-refractivity contribution in [1.29, 1.82) is 0 Å². The lowest BCUT2D eigenvalue weighted by Gasteiger charge is -2.14. The summed E-state index contributed by atoms with van der Waals surface area (Å²) in [5.74, 6) is -0.267. The molecule has 0 aliphatic rings. The van der Waals surface area contributed by atoms with Gasteiger partial charge < -0.3 is 9.47 Å². The summed E-state index contributed by atoms with van der Waals surface area (Å²) in [5.41, 5.74) is 0. The van der Waals surface area contributed by atoms with Gasteiger partial charge in [0.05, 0.1) is 19.1 Å². The van der Waals surface area contributed by atoms with Crippen molar-refractivity contribution in [1.82, 2.24) is 0 Å². The Hall–Kier alpha value is -0.830. The number of rotatable bonds is 6. The Morgan fingerprint density at radius 1 is 1.46 bits per heavy atom. The van der Waals surface area contributed by atoms with Crippen LogP contribution in [0.1, 0.15) is 20.8 Å². The first-order valence-corrected chi connectivity index (χ1v) is 4.47. The van der Waals surface area contributed by atoms with Crippen LogP contribution in [0.15, 0.2) is 12.7 Å². The average Bonchev–Trinajstić information content (AvgIpc) is 2.04. The highest BCUT2D eigenvalue weighted by molar-refractivity contribution is 5.71. The van der Waals surface area contributed by atoms with Crippen molar-refractivity contribution in [3.8, 4) is 0 Å². The van der Waals surface area contributed by atoms with Crippen LogP contribution in [0.25, 0.3) is 0 Å². The first-order chi connectivity index (χ1) is 6.07. The molecule has 0 radical (unpaired) electrons. The maximum absolute atomic E-state index is 11.1. The summed E-state index contributed by atoms with van der Waals surface area (Å²) >= 11 is 0. The van der Waals surface area contributed by atoms with E-state index in [2.05, 4.69) is 6.58 Å². The van der Waals surface area contributed by atoms with E-state index in [9.17, 15) is 4.79 Å². The molecule has 76 valence electrons. The van der Waals surface area contributed by atoms with Gasteiger partial charge in [0, 0.05) is 0 Å². The molecular weight excluding hydrogens is 168 g/mol. The molecule has 1 unspecified atom stereocenters. The highest BCUT2D eigenvalue weighted by Crippen LogP contribution is 2.00. The van der Waals surface area contributed by atoms with Gasteiger partial charge in [-0.25, -0.2) is 0 Å². The summed E-state index contributed by atoms with van der Waals surface area (Å²) in [6.45, 7) is 9.84. The van der Waals surface area contributed by atoms with Crippen LogP contribution in [-0.4, -0.2) is 25.3 Å². The number of carbonyl (C=O) groups excluding carboxylic acids is 1. The minimum Gasteiger partial charge on any atom is -0.460 e. The minimum atomic E-state index is -0.185. The lowest BCUT2D eigenvalue weighted by Crippen LogP contribution is -2.23. The maximum Gasteiger partial charge on any atom is 0.308 e. The number of hydrogen-bond acceptors (Lipinski definition) is 3. The largest absolute Gasteiger partial charge is 0.460 e. The van der Waals surface area contributed by atoms with Gasteiger partial charge in [-0.1, -0.05) is 19.9 Å². The third kappa shape index (κ3) is 6.34. The van der Waals surface area contributed by atoms with E-state index < -0.39 is 0 Å². The molecule has 13 heavy (non-hydrogen) atoms. The number of hydrogen-bond donors (Lipinski definition) is 0.